The van der Waals surface area contributed by atoms with Gasteiger partial charge in [-0.2, -0.15) is 0 Å². The molecule has 0 saturated heterocycles. The van der Waals surface area contributed by atoms with E-state index < -0.39 is 6.36 Å². The summed E-state index contributed by atoms with van der Waals surface area (Å²) in [4.78, 5) is 13.1. The second-order valence-electron chi connectivity index (χ2n) is 7.12. The molecule has 0 unspecified atom stereocenters. The number of fused-ring (bicyclic) bond motifs is 3. The molecule has 0 aliphatic heterocycles. The molecule has 0 aliphatic carbocycles. The van der Waals surface area contributed by atoms with Crippen LogP contribution in [0.3, 0.4) is 0 Å². The minimum absolute atomic E-state index is 0.140. The molecule has 2 aromatic heterocycles. The van der Waals surface area contributed by atoms with Gasteiger partial charge in [-0.25, -0.2) is 0 Å². The van der Waals surface area contributed by atoms with Crippen LogP contribution in [0, 0.1) is 0 Å². The average molecular weight is 478 g/mol. The van der Waals surface area contributed by atoms with Crippen molar-refractivity contribution in [3.8, 4) is 5.75 Å². The lowest BCUT2D eigenvalue weighted by Crippen LogP contribution is -2.24. The number of aromatic nitrogens is 4. The van der Waals surface area contributed by atoms with Crippen LogP contribution in [0.2, 0.25) is 0 Å². The van der Waals surface area contributed by atoms with Crippen LogP contribution in [-0.2, 0) is 17.0 Å². The number of hydrogen-bond acceptors (Lipinski definition) is 6. The molecular formula is C22H21F3N4O3S. The van der Waals surface area contributed by atoms with Gasteiger partial charge in [0.1, 0.15) is 5.75 Å². The molecule has 0 atom stereocenters. The lowest BCUT2D eigenvalue weighted by molar-refractivity contribution is -0.274. The summed E-state index contributed by atoms with van der Waals surface area (Å²) >= 11 is 1.38. The molecule has 0 fully saturated rings. The topological polar surface area (TPSA) is 70.7 Å². The number of para-hydroxylation sites is 1. The van der Waals surface area contributed by atoms with Crippen LogP contribution in [0.5, 0.6) is 5.75 Å². The number of nitrogens with zero attached hydrogens (tertiary/aromatic N) is 4. The largest absolute Gasteiger partial charge is 0.573 e. The number of aryl methyl sites for hydroxylation is 1. The monoisotopic (exact) mass is 478 g/mol. The molecule has 0 N–H and O–H groups in total. The molecule has 33 heavy (non-hydrogen) atoms. The van der Waals surface area contributed by atoms with E-state index in [9.17, 15) is 18.0 Å². The lowest BCUT2D eigenvalue weighted by Gasteiger charge is -2.11. The van der Waals surface area contributed by atoms with Gasteiger partial charge in [0, 0.05) is 25.5 Å². The maximum Gasteiger partial charge on any atom is 0.573 e. The molecule has 4 rings (SSSR count). The summed E-state index contributed by atoms with van der Waals surface area (Å²) in [6.45, 7) is 3.50. The van der Waals surface area contributed by atoms with Crippen molar-refractivity contribution < 1.29 is 22.6 Å². The Bertz CT molecular complexity index is 1300. The third kappa shape index (κ3) is 5.31. The zero-order valence-electron chi connectivity index (χ0n) is 17.7. The molecule has 4 aromatic rings. The Balaban J connectivity index is 1.62. The third-order valence-electron chi connectivity index (χ3n) is 4.88. The number of ether oxygens (including phenoxy) is 2. The summed E-state index contributed by atoms with van der Waals surface area (Å²) < 4.78 is 49.8. The van der Waals surface area contributed by atoms with Gasteiger partial charge in [-0.15, -0.1) is 23.4 Å². The summed E-state index contributed by atoms with van der Waals surface area (Å²) in [5.41, 5.74) is 1.35. The molecule has 7 nitrogen and oxygen atoms in total. The van der Waals surface area contributed by atoms with Gasteiger partial charge in [0.15, 0.2) is 5.16 Å². The van der Waals surface area contributed by atoms with Crippen molar-refractivity contribution in [3.05, 3.63) is 64.4 Å². The summed E-state index contributed by atoms with van der Waals surface area (Å²) in [5, 5.41) is 9.68. The van der Waals surface area contributed by atoms with E-state index in [1.807, 2.05) is 29.5 Å². The van der Waals surface area contributed by atoms with Crippen molar-refractivity contribution in [1.82, 2.24) is 19.2 Å². The van der Waals surface area contributed by atoms with Gasteiger partial charge in [0.2, 0.25) is 5.78 Å². The number of thioether (sulfide) groups is 1. The van der Waals surface area contributed by atoms with Crippen molar-refractivity contribution >= 4 is 28.4 Å². The van der Waals surface area contributed by atoms with E-state index in [0.29, 0.717) is 53.8 Å². The number of benzene rings is 2. The molecular weight excluding hydrogens is 457 g/mol. The van der Waals surface area contributed by atoms with Crippen molar-refractivity contribution in [3.63, 3.8) is 0 Å². The van der Waals surface area contributed by atoms with E-state index in [0.717, 1.165) is 5.56 Å². The van der Waals surface area contributed by atoms with E-state index in [-0.39, 0.29) is 11.3 Å². The normalized spacial score (nSPS) is 12.0. The summed E-state index contributed by atoms with van der Waals surface area (Å²) in [7, 11) is 0. The standard InChI is InChI=1S/C22H21F3N4O3S/c1-2-31-13-5-12-28-19(30)17-6-3-4-7-18(17)29-20(28)26-27-21(29)33-14-15-8-10-16(11-9-15)32-22(23,24)25/h3-4,6-11H,2,5,12-14H2,1H3. The smallest absolute Gasteiger partial charge is 0.406 e. The first kappa shape index (κ1) is 23.1. The molecule has 0 radical (unpaired) electrons. The first-order valence-electron chi connectivity index (χ1n) is 10.3. The first-order valence-corrected chi connectivity index (χ1v) is 11.3. The highest BCUT2D eigenvalue weighted by Crippen LogP contribution is 2.27. The fourth-order valence-corrected chi connectivity index (χ4v) is 4.33. The zero-order chi connectivity index (χ0) is 23.4. The Kier molecular flexibility index (Phi) is 6.89. The van der Waals surface area contributed by atoms with E-state index in [1.165, 1.54) is 23.9 Å². The Morgan fingerprint density at radius 2 is 1.82 bits per heavy atom. The van der Waals surface area contributed by atoms with Crippen LogP contribution in [0.15, 0.2) is 58.5 Å². The van der Waals surface area contributed by atoms with Crippen LogP contribution in [0.1, 0.15) is 18.9 Å². The summed E-state index contributed by atoms with van der Waals surface area (Å²) in [6.07, 6.45) is -4.07. The lowest BCUT2D eigenvalue weighted by atomic mass is 10.2. The van der Waals surface area contributed by atoms with Gasteiger partial charge in [-0.1, -0.05) is 36.0 Å². The van der Waals surface area contributed by atoms with Crippen LogP contribution in [0.25, 0.3) is 16.7 Å². The van der Waals surface area contributed by atoms with Crippen molar-refractivity contribution in [2.45, 2.75) is 37.2 Å². The van der Waals surface area contributed by atoms with E-state index in [2.05, 4.69) is 14.9 Å². The fraction of sp³-hybridized carbons (Fsp3) is 0.318. The molecule has 2 aromatic carbocycles. The van der Waals surface area contributed by atoms with Gasteiger partial charge in [0.25, 0.3) is 5.56 Å². The Labute approximate surface area is 191 Å². The van der Waals surface area contributed by atoms with E-state index >= 15 is 0 Å². The highest BCUT2D eigenvalue weighted by molar-refractivity contribution is 7.98. The van der Waals surface area contributed by atoms with Crippen molar-refractivity contribution in [1.29, 1.82) is 0 Å². The van der Waals surface area contributed by atoms with Crippen LogP contribution >= 0.6 is 11.8 Å². The molecule has 0 saturated carbocycles. The van der Waals surface area contributed by atoms with Crippen molar-refractivity contribution in [2.75, 3.05) is 13.2 Å². The molecule has 0 bridgehead atoms. The quantitative estimate of drug-likeness (QED) is 0.257. The molecule has 0 aliphatic rings. The maximum atomic E-state index is 13.1. The van der Waals surface area contributed by atoms with Gasteiger partial charge in [-0.3, -0.25) is 13.8 Å². The second kappa shape index (κ2) is 9.84. The van der Waals surface area contributed by atoms with Crippen LogP contribution in [0.4, 0.5) is 13.2 Å². The molecule has 11 heteroatoms. The van der Waals surface area contributed by atoms with Gasteiger partial charge in [0.05, 0.1) is 10.9 Å². The number of alkyl halides is 3. The Hall–Kier alpha value is -3.05. The van der Waals surface area contributed by atoms with Crippen LogP contribution < -0.4 is 10.3 Å². The average Bonchev–Trinajstić information content (AvgIpc) is 3.21. The SMILES string of the molecule is CCOCCCn1c(=O)c2ccccc2n2c(SCc3ccc(OC(F)(F)F)cc3)nnc12. The summed E-state index contributed by atoms with van der Waals surface area (Å²) in [5.74, 6) is 0.614. The molecule has 0 spiro atoms. The highest BCUT2D eigenvalue weighted by Gasteiger charge is 2.31. The molecule has 0 amide bonds. The predicted molar refractivity (Wildman–Crippen MR) is 119 cm³/mol. The first-order chi connectivity index (χ1) is 15.9. The Morgan fingerprint density at radius 1 is 1.06 bits per heavy atom. The Morgan fingerprint density at radius 3 is 2.55 bits per heavy atom. The van der Waals surface area contributed by atoms with Crippen LogP contribution in [-0.4, -0.2) is 38.7 Å². The number of hydrogen-bond donors (Lipinski definition) is 0. The van der Waals surface area contributed by atoms with Crippen molar-refractivity contribution in [2.24, 2.45) is 0 Å². The van der Waals surface area contributed by atoms with Gasteiger partial charge >= 0.3 is 6.36 Å². The van der Waals surface area contributed by atoms with E-state index in [1.54, 1.807) is 22.8 Å². The zero-order valence-corrected chi connectivity index (χ0v) is 18.5. The third-order valence-corrected chi connectivity index (χ3v) is 5.88. The molecule has 2 heterocycles. The van der Waals surface area contributed by atoms with Gasteiger partial charge in [-0.05, 0) is 43.2 Å². The van der Waals surface area contributed by atoms with E-state index in [4.69, 9.17) is 4.74 Å². The predicted octanol–water partition coefficient (Wildman–Crippen LogP) is 4.66. The number of halogens is 3. The number of rotatable bonds is 9. The minimum atomic E-state index is -4.73. The second-order valence-corrected chi connectivity index (χ2v) is 8.07. The highest BCUT2D eigenvalue weighted by atomic mass is 32.2. The minimum Gasteiger partial charge on any atom is -0.406 e. The molecule has 174 valence electrons. The summed E-state index contributed by atoms with van der Waals surface area (Å²) in [6, 6.07) is 12.9. The fourth-order valence-electron chi connectivity index (χ4n) is 3.43. The van der Waals surface area contributed by atoms with Gasteiger partial charge < -0.3 is 9.47 Å². The maximum absolute atomic E-state index is 13.1.